The van der Waals surface area contributed by atoms with E-state index in [0.717, 1.165) is 56.4 Å². The van der Waals surface area contributed by atoms with E-state index >= 15 is 0 Å². The van der Waals surface area contributed by atoms with Crippen LogP contribution in [0.2, 0.25) is 0 Å². The SMILES string of the molecule is Cc1nsc(N2CCCN([C@H](C)C(=O)NC3CC3)CC2)n1. The van der Waals surface area contributed by atoms with Gasteiger partial charge in [0, 0.05) is 43.8 Å². The number of nitrogens with zero attached hydrogens (tertiary/aromatic N) is 4. The summed E-state index contributed by atoms with van der Waals surface area (Å²) in [5.41, 5.74) is 0. The van der Waals surface area contributed by atoms with Gasteiger partial charge in [-0.25, -0.2) is 4.98 Å². The second-order valence-electron chi connectivity index (χ2n) is 5.96. The molecule has 1 atom stereocenters. The zero-order chi connectivity index (χ0) is 14.8. The van der Waals surface area contributed by atoms with Crippen LogP contribution in [0.5, 0.6) is 0 Å². The Balaban J connectivity index is 1.55. The highest BCUT2D eigenvalue weighted by molar-refractivity contribution is 7.09. The molecule has 1 saturated heterocycles. The molecule has 21 heavy (non-hydrogen) atoms. The van der Waals surface area contributed by atoms with Crippen LogP contribution < -0.4 is 10.2 Å². The molecule has 0 spiro atoms. The Morgan fingerprint density at radius 1 is 1.33 bits per heavy atom. The van der Waals surface area contributed by atoms with Crippen molar-refractivity contribution in [3.8, 4) is 0 Å². The van der Waals surface area contributed by atoms with E-state index in [4.69, 9.17) is 0 Å². The molecule has 7 heteroatoms. The summed E-state index contributed by atoms with van der Waals surface area (Å²) in [6, 6.07) is 0.398. The molecule has 1 aromatic heterocycles. The third kappa shape index (κ3) is 3.71. The third-order valence-electron chi connectivity index (χ3n) is 4.17. The highest BCUT2D eigenvalue weighted by Gasteiger charge is 2.29. The number of aromatic nitrogens is 2. The molecule has 1 aliphatic heterocycles. The van der Waals surface area contributed by atoms with Crippen LogP contribution in [0.15, 0.2) is 0 Å². The molecule has 2 fully saturated rings. The van der Waals surface area contributed by atoms with Gasteiger partial charge in [0.15, 0.2) is 0 Å². The van der Waals surface area contributed by atoms with Crippen LogP contribution >= 0.6 is 11.5 Å². The van der Waals surface area contributed by atoms with Crippen LogP contribution in [0.3, 0.4) is 0 Å². The van der Waals surface area contributed by atoms with Crippen molar-refractivity contribution in [3.05, 3.63) is 5.82 Å². The van der Waals surface area contributed by atoms with Gasteiger partial charge in [0.05, 0.1) is 6.04 Å². The number of hydrogen-bond acceptors (Lipinski definition) is 6. The highest BCUT2D eigenvalue weighted by Crippen LogP contribution is 2.21. The second kappa shape index (κ2) is 6.27. The molecule has 0 unspecified atom stereocenters. The Morgan fingerprint density at radius 3 is 2.81 bits per heavy atom. The van der Waals surface area contributed by atoms with E-state index in [-0.39, 0.29) is 11.9 Å². The van der Waals surface area contributed by atoms with Crippen LogP contribution in [0.25, 0.3) is 0 Å². The lowest BCUT2D eigenvalue weighted by Crippen LogP contribution is -2.47. The number of nitrogens with one attached hydrogen (secondary N) is 1. The van der Waals surface area contributed by atoms with E-state index in [0.29, 0.717) is 6.04 Å². The summed E-state index contributed by atoms with van der Waals surface area (Å²) in [7, 11) is 0. The van der Waals surface area contributed by atoms with Gasteiger partial charge in [0.25, 0.3) is 0 Å². The van der Waals surface area contributed by atoms with Crippen molar-refractivity contribution >= 4 is 22.6 Å². The molecule has 3 rings (SSSR count). The van der Waals surface area contributed by atoms with Gasteiger partial charge in [-0.3, -0.25) is 9.69 Å². The molecule has 0 aromatic carbocycles. The van der Waals surface area contributed by atoms with Crippen molar-refractivity contribution in [3.63, 3.8) is 0 Å². The summed E-state index contributed by atoms with van der Waals surface area (Å²) in [6.07, 6.45) is 3.34. The van der Waals surface area contributed by atoms with E-state index < -0.39 is 0 Å². The first-order valence-electron chi connectivity index (χ1n) is 7.73. The molecule has 2 aliphatic rings. The molecule has 2 heterocycles. The standard InChI is InChI=1S/C14H23N5OS/c1-10(13(20)16-12-4-5-12)18-6-3-7-19(9-8-18)14-15-11(2)17-21-14/h10,12H,3-9H2,1-2H3,(H,16,20)/t10-/m1/s1. The first-order valence-corrected chi connectivity index (χ1v) is 8.50. The van der Waals surface area contributed by atoms with Gasteiger partial charge >= 0.3 is 0 Å². The zero-order valence-corrected chi connectivity index (χ0v) is 13.5. The minimum atomic E-state index is -0.0401. The van der Waals surface area contributed by atoms with Crippen LogP contribution in [-0.4, -0.2) is 58.4 Å². The topological polar surface area (TPSA) is 61.4 Å². The summed E-state index contributed by atoms with van der Waals surface area (Å²) in [4.78, 5) is 21.2. The molecule has 1 saturated carbocycles. The number of carbonyl (C=O) groups is 1. The molecule has 1 amide bonds. The normalized spacial score (nSPS) is 21.9. The Labute approximate surface area is 129 Å². The molecular weight excluding hydrogens is 286 g/mol. The molecule has 1 aliphatic carbocycles. The number of anilines is 1. The van der Waals surface area contributed by atoms with Gasteiger partial charge in [-0.05, 0) is 33.1 Å². The molecule has 0 bridgehead atoms. The first kappa shape index (κ1) is 14.7. The van der Waals surface area contributed by atoms with E-state index in [1.807, 2.05) is 13.8 Å². The van der Waals surface area contributed by atoms with Gasteiger partial charge in [-0.1, -0.05) is 0 Å². The fourth-order valence-corrected chi connectivity index (χ4v) is 3.37. The summed E-state index contributed by atoms with van der Waals surface area (Å²) in [5, 5.41) is 4.11. The third-order valence-corrected chi connectivity index (χ3v) is 5.04. The molecular formula is C14H23N5OS. The van der Waals surface area contributed by atoms with Gasteiger partial charge < -0.3 is 10.2 Å². The Bertz CT molecular complexity index is 501. The average Bonchev–Trinajstić information content (AvgIpc) is 3.22. The number of amides is 1. The lowest BCUT2D eigenvalue weighted by molar-refractivity contribution is -0.125. The highest BCUT2D eigenvalue weighted by atomic mass is 32.1. The predicted molar refractivity (Wildman–Crippen MR) is 83.7 cm³/mol. The minimum absolute atomic E-state index is 0.0401. The van der Waals surface area contributed by atoms with E-state index in [1.165, 1.54) is 11.5 Å². The monoisotopic (exact) mass is 309 g/mol. The van der Waals surface area contributed by atoms with Crippen molar-refractivity contribution in [2.75, 3.05) is 31.1 Å². The predicted octanol–water partition coefficient (Wildman–Crippen LogP) is 1.03. The Hall–Kier alpha value is -1.21. The smallest absolute Gasteiger partial charge is 0.237 e. The van der Waals surface area contributed by atoms with Crippen molar-refractivity contribution in [2.45, 2.75) is 45.2 Å². The van der Waals surface area contributed by atoms with Gasteiger partial charge in [-0.15, -0.1) is 0 Å². The number of aryl methyl sites for hydroxylation is 1. The lowest BCUT2D eigenvalue weighted by Gasteiger charge is -2.26. The molecule has 1 aromatic rings. The largest absolute Gasteiger partial charge is 0.352 e. The average molecular weight is 309 g/mol. The maximum absolute atomic E-state index is 12.2. The van der Waals surface area contributed by atoms with Crippen LogP contribution in [0, 0.1) is 6.92 Å². The quantitative estimate of drug-likeness (QED) is 0.900. The van der Waals surface area contributed by atoms with Gasteiger partial charge in [-0.2, -0.15) is 4.37 Å². The Kier molecular flexibility index (Phi) is 4.40. The molecule has 0 radical (unpaired) electrons. The van der Waals surface area contributed by atoms with E-state index in [9.17, 15) is 4.79 Å². The fourth-order valence-electron chi connectivity index (χ4n) is 2.65. The summed E-state index contributed by atoms with van der Waals surface area (Å²) in [6.45, 7) is 7.71. The maximum atomic E-state index is 12.2. The Morgan fingerprint density at radius 2 is 2.14 bits per heavy atom. The number of rotatable bonds is 4. The van der Waals surface area contributed by atoms with Gasteiger partial charge in [0.2, 0.25) is 11.0 Å². The summed E-state index contributed by atoms with van der Waals surface area (Å²) >= 11 is 1.46. The first-order chi connectivity index (χ1) is 10.1. The second-order valence-corrected chi connectivity index (χ2v) is 6.69. The summed E-state index contributed by atoms with van der Waals surface area (Å²) < 4.78 is 4.26. The minimum Gasteiger partial charge on any atom is -0.352 e. The fraction of sp³-hybridized carbons (Fsp3) is 0.786. The van der Waals surface area contributed by atoms with Crippen LogP contribution in [0.4, 0.5) is 5.13 Å². The molecule has 1 N–H and O–H groups in total. The van der Waals surface area contributed by atoms with Crippen LogP contribution in [0.1, 0.15) is 32.0 Å². The zero-order valence-electron chi connectivity index (χ0n) is 12.7. The van der Waals surface area contributed by atoms with Crippen molar-refractivity contribution in [1.29, 1.82) is 0 Å². The van der Waals surface area contributed by atoms with Crippen molar-refractivity contribution < 1.29 is 4.79 Å². The van der Waals surface area contributed by atoms with E-state index in [2.05, 4.69) is 24.5 Å². The van der Waals surface area contributed by atoms with Crippen molar-refractivity contribution in [2.24, 2.45) is 0 Å². The number of carbonyl (C=O) groups excluding carboxylic acids is 1. The molecule has 116 valence electrons. The summed E-state index contributed by atoms with van der Waals surface area (Å²) in [5.74, 6) is 1.02. The number of hydrogen-bond donors (Lipinski definition) is 1. The van der Waals surface area contributed by atoms with E-state index in [1.54, 1.807) is 0 Å². The lowest BCUT2D eigenvalue weighted by atomic mass is 10.2. The molecule has 6 nitrogen and oxygen atoms in total. The van der Waals surface area contributed by atoms with Gasteiger partial charge in [0.1, 0.15) is 5.82 Å². The van der Waals surface area contributed by atoms with Crippen molar-refractivity contribution in [1.82, 2.24) is 19.6 Å². The maximum Gasteiger partial charge on any atom is 0.237 e. The van der Waals surface area contributed by atoms with Crippen LogP contribution in [-0.2, 0) is 4.79 Å².